The van der Waals surface area contributed by atoms with Crippen molar-refractivity contribution in [2.45, 2.75) is 4.90 Å². The number of para-hydroxylation sites is 1. The first kappa shape index (κ1) is 16.0. The molecule has 112 valence electrons. The fraction of sp³-hybridized carbons (Fsp3) is 0.200. The number of rotatable bonds is 6. The van der Waals surface area contributed by atoms with E-state index in [4.69, 9.17) is 0 Å². The Morgan fingerprint density at radius 1 is 1.05 bits per heavy atom. The second kappa shape index (κ2) is 7.06. The molecular formula is C15H17BrN2O2S. The Morgan fingerprint density at radius 2 is 1.67 bits per heavy atom. The Kier molecular flexibility index (Phi) is 5.39. The maximum Gasteiger partial charge on any atom is 0.240 e. The third-order valence-corrected chi connectivity index (χ3v) is 5.07. The smallest absolute Gasteiger partial charge is 0.240 e. The number of anilines is 1. The molecule has 6 heteroatoms. The number of halogens is 1. The van der Waals surface area contributed by atoms with Gasteiger partial charge in [-0.3, -0.25) is 0 Å². The number of nitrogens with zero attached hydrogens (tertiary/aromatic N) is 1. The lowest BCUT2D eigenvalue weighted by Gasteiger charge is -2.19. The van der Waals surface area contributed by atoms with Gasteiger partial charge in [0.15, 0.2) is 0 Å². The van der Waals surface area contributed by atoms with E-state index in [-0.39, 0.29) is 4.90 Å². The van der Waals surface area contributed by atoms with Crippen molar-refractivity contribution in [2.24, 2.45) is 0 Å². The summed E-state index contributed by atoms with van der Waals surface area (Å²) in [6.07, 6.45) is 0. The Hall–Kier alpha value is -1.37. The number of hydrogen-bond donors (Lipinski definition) is 1. The summed E-state index contributed by atoms with van der Waals surface area (Å²) in [5.74, 6) is 0. The quantitative estimate of drug-likeness (QED) is 0.852. The number of likely N-dealkylation sites (N-methyl/N-ethyl adjacent to an activating group) is 1. The molecule has 0 aliphatic carbocycles. The SMILES string of the molecule is CN(CCNS(=O)(=O)c1ccc(Br)cc1)c1ccccc1. The third-order valence-electron chi connectivity index (χ3n) is 3.06. The van der Waals surface area contributed by atoms with E-state index in [2.05, 4.69) is 20.7 Å². The van der Waals surface area contributed by atoms with Crippen molar-refractivity contribution in [1.29, 1.82) is 0 Å². The molecule has 1 N–H and O–H groups in total. The van der Waals surface area contributed by atoms with E-state index in [0.717, 1.165) is 10.2 Å². The molecular weight excluding hydrogens is 352 g/mol. The lowest BCUT2D eigenvalue weighted by Crippen LogP contribution is -2.33. The molecule has 2 rings (SSSR count). The molecule has 0 atom stereocenters. The van der Waals surface area contributed by atoms with Crippen LogP contribution in [-0.4, -0.2) is 28.6 Å². The molecule has 0 unspecified atom stereocenters. The van der Waals surface area contributed by atoms with E-state index >= 15 is 0 Å². The predicted octanol–water partition coefficient (Wildman–Crippen LogP) is 2.86. The molecule has 0 spiro atoms. The summed E-state index contributed by atoms with van der Waals surface area (Å²) in [5, 5.41) is 0. The first-order valence-corrected chi connectivity index (χ1v) is 8.78. The van der Waals surface area contributed by atoms with Gasteiger partial charge < -0.3 is 4.90 Å². The van der Waals surface area contributed by atoms with Gasteiger partial charge in [0.1, 0.15) is 0 Å². The highest BCUT2D eigenvalue weighted by Gasteiger charge is 2.13. The molecule has 0 fully saturated rings. The lowest BCUT2D eigenvalue weighted by molar-refractivity contribution is 0.581. The highest BCUT2D eigenvalue weighted by Crippen LogP contribution is 2.14. The Labute approximate surface area is 134 Å². The van der Waals surface area contributed by atoms with E-state index in [1.165, 1.54) is 0 Å². The van der Waals surface area contributed by atoms with Gasteiger partial charge in [-0.25, -0.2) is 13.1 Å². The number of sulfonamides is 1. The van der Waals surface area contributed by atoms with Gasteiger partial charge in [-0.15, -0.1) is 0 Å². The van der Waals surface area contributed by atoms with Gasteiger partial charge in [-0.1, -0.05) is 34.1 Å². The average molecular weight is 369 g/mol. The number of hydrogen-bond acceptors (Lipinski definition) is 3. The topological polar surface area (TPSA) is 49.4 Å². The van der Waals surface area contributed by atoms with E-state index in [1.807, 2.05) is 42.3 Å². The first-order valence-electron chi connectivity index (χ1n) is 6.50. The highest BCUT2D eigenvalue weighted by atomic mass is 79.9. The normalized spacial score (nSPS) is 11.3. The lowest BCUT2D eigenvalue weighted by atomic mass is 10.3. The van der Waals surface area contributed by atoms with E-state index < -0.39 is 10.0 Å². The van der Waals surface area contributed by atoms with Crippen LogP contribution in [0, 0.1) is 0 Å². The molecule has 0 aromatic heterocycles. The zero-order valence-electron chi connectivity index (χ0n) is 11.7. The van der Waals surface area contributed by atoms with Gasteiger partial charge in [-0.05, 0) is 36.4 Å². The Morgan fingerprint density at radius 3 is 2.29 bits per heavy atom. The van der Waals surface area contributed by atoms with Crippen molar-refractivity contribution < 1.29 is 8.42 Å². The minimum atomic E-state index is -3.45. The van der Waals surface area contributed by atoms with Crippen molar-refractivity contribution in [1.82, 2.24) is 4.72 Å². The second-order valence-corrected chi connectivity index (χ2v) is 7.29. The van der Waals surface area contributed by atoms with Crippen LogP contribution in [-0.2, 0) is 10.0 Å². The van der Waals surface area contributed by atoms with E-state index in [0.29, 0.717) is 13.1 Å². The van der Waals surface area contributed by atoms with Gasteiger partial charge in [0.05, 0.1) is 4.90 Å². The van der Waals surface area contributed by atoms with Crippen LogP contribution in [0.4, 0.5) is 5.69 Å². The van der Waals surface area contributed by atoms with Crippen molar-refractivity contribution in [3.8, 4) is 0 Å². The second-order valence-electron chi connectivity index (χ2n) is 4.61. The molecule has 21 heavy (non-hydrogen) atoms. The standard InChI is InChI=1S/C15H17BrN2O2S/c1-18(14-5-3-2-4-6-14)12-11-17-21(19,20)15-9-7-13(16)8-10-15/h2-10,17H,11-12H2,1H3. The molecule has 2 aromatic carbocycles. The van der Waals surface area contributed by atoms with Gasteiger partial charge in [0.2, 0.25) is 10.0 Å². The molecule has 4 nitrogen and oxygen atoms in total. The number of benzene rings is 2. The van der Waals surface area contributed by atoms with Gasteiger partial charge in [0, 0.05) is 30.3 Å². The van der Waals surface area contributed by atoms with Crippen molar-refractivity contribution >= 4 is 31.6 Å². The van der Waals surface area contributed by atoms with Crippen molar-refractivity contribution in [3.05, 3.63) is 59.1 Å². The van der Waals surface area contributed by atoms with Crippen LogP contribution in [0.1, 0.15) is 0 Å². The molecule has 2 aromatic rings. The summed E-state index contributed by atoms with van der Waals surface area (Å²) in [6.45, 7) is 0.948. The van der Waals surface area contributed by atoms with Crippen LogP contribution in [0.25, 0.3) is 0 Å². The van der Waals surface area contributed by atoms with E-state index in [9.17, 15) is 8.42 Å². The zero-order chi connectivity index (χ0) is 15.3. The minimum Gasteiger partial charge on any atom is -0.373 e. The maximum absolute atomic E-state index is 12.1. The minimum absolute atomic E-state index is 0.271. The summed E-state index contributed by atoms with van der Waals surface area (Å²) in [4.78, 5) is 2.28. The molecule has 0 aliphatic rings. The monoisotopic (exact) mass is 368 g/mol. The fourth-order valence-electron chi connectivity index (χ4n) is 1.86. The van der Waals surface area contributed by atoms with Crippen molar-refractivity contribution in [2.75, 3.05) is 25.0 Å². The van der Waals surface area contributed by atoms with Gasteiger partial charge in [0.25, 0.3) is 0 Å². The fourth-order valence-corrected chi connectivity index (χ4v) is 3.14. The predicted molar refractivity (Wildman–Crippen MR) is 89.0 cm³/mol. The summed E-state index contributed by atoms with van der Waals surface area (Å²) >= 11 is 3.29. The summed E-state index contributed by atoms with van der Waals surface area (Å²) in [5.41, 5.74) is 1.06. The first-order chi connectivity index (χ1) is 9.99. The van der Waals surface area contributed by atoms with Crippen LogP contribution < -0.4 is 9.62 Å². The van der Waals surface area contributed by atoms with Crippen LogP contribution in [0.3, 0.4) is 0 Å². The summed E-state index contributed by atoms with van der Waals surface area (Å²) in [7, 11) is -1.52. The average Bonchev–Trinajstić information content (AvgIpc) is 2.48. The highest BCUT2D eigenvalue weighted by molar-refractivity contribution is 9.10. The molecule has 0 radical (unpaired) electrons. The molecule has 0 aliphatic heterocycles. The van der Waals surface area contributed by atoms with Gasteiger partial charge in [-0.2, -0.15) is 0 Å². The summed E-state index contributed by atoms with van der Waals surface area (Å²) in [6, 6.07) is 16.4. The number of nitrogens with one attached hydrogen (secondary N) is 1. The van der Waals surface area contributed by atoms with Crippen LogP contribution in [0.15, 0.2) is 64.0 Å². The maximum atomic E-state index is 12.1. The van der Waals surface area contributed by atoms with Crippen LogP contribution >= 0.6 is 15.9 Å². The van der Waals surface area contributed by atoms with Gasteiger partial charge >= 0.3 is 0 Å². The third kappa shape index (κ3) is 4.56. The molecule has 0 amide bonds. The summed E-state index contributed by atoms with van der Waals surface area (Å²) < 4.78 is 27.7. The van der Waals surface area contributed by atoms with Crippen LogP contribution in [0.5, 0.6) is 0 Å². The Balaban J connectivity index is 1.92. The Bertz CT molecular complexity index is 673. The zero-order valence-corrected chi connectivity index (χ0v) is 14.1. The molecule has 0 saturated heterocycles. The molecule has 0 bridgehead atoms. The largest absolute Gasteiger partial charge is 0.373 e. The molecule has 0 heterocycles. The van der Waals surface area contributed by atoms with E-state index in [1.54, 1.807) is 24.3 Å². The van der Waals surface area contributed by atoms with Crippen LogP contribution in [0.2, 0.25) is 0 Å². The molecule has 0 saturated carbocycles. The van der Waals surface area contributed by atoms with Crippen molar-refractivity contribution in [3.63, 3.8) is 0 Å².